The Hall–Kier alpha value is -1.07. The van der Waals surface area contributed by atoms with E-state index in [0.717, 1.165) is 15.6 Å². The molecule has 0 radical (unpaired) electrons. The number of nitrogens with zero attached hydrogens (tertiary/aromatic N) is 1. The quantitative estimate of drug-likeness (QED) is 0.871. The first-order valence-corrected chi connectivity index (χ1v) is 7.02. The molecule has 0 spiro atoms. The number of nitrogens with one attached hydrogen (secondary N) is 1. The van der Waals surface area contributed by atoms with Crippen molar-refractivity contribution in [1.29, 1.82) is 0 Å². The van der Waals surface area contributed by atoms with Crippen LogP contribution in [0.1, 0.15) is 18.1 Å². The summed E-state index contributed by atoms with van der Waals surface area (Å²) >= 11 is 3.43. The lowest BCUT2D eigenvalue weighted by molar-refractivity contribution is -0.124. The molecule has 1 rings (SSSR count). The summed E-state index contributed by atoms with van der Waals surface area (Å²) < 4.78 is 0.950. The predicted molar refractivity (Wildman–Crippen MR) is 80.1 cm³/mol. The van der Waals surface area contributed by atoms with E-state index < -0.39 is 0 Å². The van der Waals surface area contributed by atoms with Gasteiger partial charge < -0.3 is 15.3 Å². The van der Waals surface area contributed by atoms with E-state index in [1.54, 1.807) is 7.05 Å². The molecule has 0 heterocycles. The highest BCUT2D eigenvalue weighted by atomic mass is 79.9. The van der Waals surface area contributed by atoms with E-state index in [0.29, 0.717) is 18.8 Å². The SMILES string of the molecule is CNC(=O)C(C)CN(C)Cc1cc(Br)cc(C)c1O. The average molecular weight is 329 g/mol. The zero-order valence-corrected chi connectivity index (χ0v) is 13.4. The van der Waals surface area contributed by atoms with Crippen LogP contribution < -0.4 is 5.32 Å². The summed E-state index contributed by atoms with van der Waals surface area (Å²) in [5.74, 6) is 0.273. The van der Waals surface area contributed by atoms with E-state index >= 15 is 0 Å². The lowest BCUT2D eigenvalue weighted by Gasteiger charge is -2.21. The Morgan fingerprint density at radius 2 is 2.16 bits per heavy atom. The van der Waals surface area contributed by atoms with Crippen LogP contribution in [-0.2, 0) is 11.3 Å². The summed E-state index contributed by atoms with van der Waals surface area (Å²) in [5.41, 5.74) is 1.70. The third kappa shape index (κ3) is 4.51. The van der Waals surface area contributed by atoms with Gasteiger partial charge in [-0.2, -0.15) is 0 Å². The van der Waals surface area contributed by atoms with E-state index in [1.165, 1.54) is 0 Å². The number of carbonyl (C=O) groups excluding carboxylic acids is 1. The van der Waals surface area contributed by atoms with Crippen molar-refractivity contribution in [2.45, 2.75) is 20.4 Å². The fourth-order valence-corrected chi connectivity index (χ4v) is 2.70. The van der Waals surface area contributed by atoms with Gasteiger partial charge in [0.15, 0.2) is 0 Å². The molecule has 106 valence electrons. The molecule has 1 atom stereocenters. The number of hydrogen-bond donors (Lipinski definition) is 2. The van der Waals surface area contributed by atoms with Gasteiger partial charge in [0.1, 0.15) is 5.75 Å². The van der Waals surface area contributed by atoms with Crippen LogP contribution in [0.2, 0.25) is 0 Å². The zero-order valence-electron chi connectivity index (χ0n) is 11.8. The Balaban J connectivity index is 2.72. The number of aromatic hydroxyl groups is 1. The lowest BCUT2D eigenvalue weighted by atomic mass is 10.1. The third-order valence-corrected chi connectivity index (χ3v) is 3.52. The lowest BCUT2D eigenvalue weighted by Crippen LogP contribution is -2.34. The number of phenolic OH excluding ortho intramolecular Hbond substituents is 1. The zero-order chi connectivity index (χ0) is 14.6. The van der Waals surface area contributed by atoms with Crippen molar-refractivity contribution >= 4 is 21.8 Å². The normalized spacial score (nSPS) is 12.5. The van der Waals surface area contributed by atoms with Crippen LogP contribution in [0.5, 0.6) is 5.75 Å². The number of aryl methyl sites for hydroxylation is 1. The van der Waals surface area contributed by atoms with Crippen molar-refractivity contribution in [3.63, 3.8) is 0 Å². The Labute approximate surface area is 122 Å². The Morgan fingerprint density at radius 3 is 2.74 bits per heavy atom. The first-order valence-electron chi connectivity index (χ1n) is 6.23. The van der Waals surface area contributed by atoms with Crippen molar-refractivity contribution in [2.75, 3.05) is 20.6 Å². The van der Waals surface area contributed by atoms with Crippen LogP contribution in [0.15, 0.2) is 16.6 Å². The number of benzene rings is 1. The van der Waals surface area contributed by atoms with E-state index in [1.807, 2.05) is 37.9 Å². The van der Waals surface area contributed by atoms with Crippen LogP contribution in [0.25, 0.3) is 0 Å². The summed E-state index contributed by atoms with van der Waals surface area (Å²) in [7, 11) is 3.58. The minimum absolute atomic E-state index is 0.0292. The Bertz CT molecular complexity index is 463. The molecule has 0 saturated carbocycles. The predicted octanol–water partition coefficient (Wildman–Crippen LogP) is 2.28. The standard InChI is InChI=1S/C14H21BrN2O2/c1-9-5-12(15)6-11(13(9)18)8-17(4)7-10(2)14(19)16-3/h5-6,10,18H,7-8H2,1-4H3,(H,16,19). The van der Waals surface area contributed by atoms with Gasteiger partial charge in [0.25, 0.3) is 0 Å². The highest BCUT2D eigenvalue weighted by Gasteiger charge is 2.15. The Morgan fingerprint density at radius 1 is 1.53 bits per heavy atom. The second kappa shape index (κ2) is 6.91. The molecule has 4 nitrogen and oxygen atoms in total. The van der Waals surface area contributed by atoms with Gasteiger partial charge in [-0.05, 0) is 31.7 Å². The van der Waals surface area contributed by atoms with Crippen LogP contribution in [0, 0.1) is 12.8 Å². The number of rotatable bonds is 5. The molecule has 2 N–H and O–H groups in total. The molecule has 0 bridgehead atoms. The molecule has 5 heteroatoms. The van der Waals surface area contributed by atoms with Gasteiger partial charge in [0.2, 0.25) is 5.91 Å². The third-order valence-electron chi connectivity index (χ3n) is 3.06. The van der Waals surface area contributed by atoms with Crippen LogP contribution in [0.3, 0.4) is 0 Å². The minimum atomic E-state index is -0.0783. The highest BCUT2D eigenvalue weighted by molar-refractivity contribution is 9.10. The van der Waals surface area contributed by atoms with Crippen LogP contribution in [0.4, 0.5) is 0 Å². The average Bonchev–Trinajstić information content (AvgIpc) is 2.34. The molecule has 1 unspecified atom stereocenters. The summed E-state index contributed by atoms with van der Waals surface area (Å²) in [4.78, 5) is 13.5. The van der Waals surface area contributed by atoms with Crippen molar-refractivity contribution in [3.8, 4) is 5.75 Å². The highest BCUT2D eigenvalue weighted by Crippen LogP contribution is 2.27. The number of phenols is 1. The Kier molecular flexibility index (Phi) is 5.82. The topological polar surface area (TPSA) is 52.6 Å². The number of amides is 1. The van der Waals surface area contributed by atoms with Crippen molar-refractivity contribution in [2.24, 2.45) is 5.92 Å². The van der Waals surface area contributed by atoms with Gasteiger partial charge in [-0.1, -0.05) is 22.9 Å². The molecule has 0 aliphatic carbocycles. The van der Waals surface area contributed by atoms with E-state index in [2.05, 4.69) is 21.2 Å². The second-order valence-electron chi connectivity index (χ2n) is 4.94. The number of carbonyl (C=O) groups is 1. The molecule has 1 aromatic rings. The first-order chi connectivity index (χ1) is 8.85. The van der Waals surface area contributed by atoms with Gasteiger partial charge in [-0.3, -0.25) is 4.79 Å². The van der Waals surface area contributed by atoms with Crippen LogP contribution in [-0.4, -0.2) is 36.6 Å². The van der Waals surface area contributed by atoms with Crippen molar-refractivity contribution in [1.82, 2.24) is 10.2 Å². The van der Waals surface area contributed by atoms with Crippen molar-refractivity contribution in [3.05, 3.63) is 27.7 Å². The summed E-state index contributed by atoms with van der Waals surface area (Å²) in [6.07, 6.45) is 0. The van der Waals surface area contributed by atoms with Crippen LogP contribution >= 0.6 is 15.9 Å². The molecule has 0 saturated heterocycles. The largest absolute Gasteiger partial charge is 0.507 e. The van der Waals surface area contributed by atoms with E-state index in [-0.39, 0.29) is 11.8 Å². The smallest absolute Gasteiger partial charge is 0.223 e. The molecule has 19 heavy (non-hydrogen) atoms. The first kappa shape index (κ1) is 16.0. The van der Waals surface area contributed by atoms with E-state index in [9.17, 15) is 9.90 Å². The molecule has 0 fully saturated rings. The maximum absolute atomic E-state index is 11.5. The minimum Gasteiger partial charge on any atom is -0.507 e. The number of halogens is 1. The van der Waals surface area contributed by atoms with Crippen molar-refractivity contribution < 1.29 is 9.90 Å². The summed E-state index contributed by atoms with van der Waals surface area (Å²) in [6, 6.07) is 3.79. The van der Waals surface area contributed by atoms with Gasteiger partial charge in [-0.15, -0.1) is 0 Å². The maximum atomic E-state index is 11.5. The second-order valence-corrected chi connectivity index (χ2v) is 5.86. The number of hydrogen-bond acceptors (Lipinski definition) is 3. The molecule has 0 aromatic heterocycles. The summed E-state index contributed by atoms with van der Waals surface area (Å²) in [5, 5.41) is 12.7. The molecular formula is C14H21BrN2O2. The van der Waals surface area contributed by atoms with Gasteiger partial charge in [0.05, 0.1) is 0 Å². The maximum Gasteiger partial charge on any atom is 0.223 e. The van der Waals surface area contributed by atoms with Gasteiger partial charge in [0, 0.05) is 36.1 Å². The molecule has 1 amide bonds. The molecule has 0 aliphatic heterocycles. The monoisotopic (exact) mass is 328 g/mol. The van der Waals surface area contributed by atoms with Gasteiger partial charge >= 0.3 is 0 Å². The van der Waals surface area contributed by atoms with Gasteiger partial charge in [-0.25, -0.2) is 0 Å². The molecule has 0 aliphatic rings. The molecule has 1 aromatic carbocycles. The summed E-state index contributed by atoms with van der Waals surface area (Å²) in [6.45, 7) is 5.01. The fourth-order valence-electron chi connectivity index (χ4n) is 2.08. The molecular weight excluding hydrogens is 308 g/mol. The fraction of sp³-hybridized carbons (Fsp3) is 0.500. The van der Waals surface area contributed by atoms with E-state index in [4.69, 9.17) is 0 Å².